The summed E-state index contributed by atoms with van der Waals surface area (Å²) < 4.78 is 0. The molecule has 0 N–H and O–H groups in total. The van der Waals surface area contributed by atoms with E-state index >= 15 is 0 Å². The van der Waals surface area contributed by atoms with E-state index in [9.17, 15) is 29.7 Å². The van der Waals surface area contributed by atoms with E-state index in [-0.39, 0.29) is 99.6 Å². The molecule has 0 radical (unpaired) electrons. The average Bonchev–Trinajstić information content (AvgIpc) is 2.36. The fourth-order valence-corrected chi connectivity index (χ4v) is 1.76. The molecule has 0 amide bonds. The summed E-state index contributed by atoms with van der Waals surface area (Å²) in [6, 6.07) is 5.90. The summed E-state index contributed by atoms with van der Waals surface area (Å²) in [6.07, 6.45) is 0. The van der Waals surface area contributed by atoms with Crippen molar-refractivity contribution in [2.75, 3.05) is 0 Å². The predicted octanol–water partition coefficient (Wildman–Crippen LogP) is -11.1. The molecular formula is C13H5Na3O6. The quantitative estimate of drug-likeness (QED) is 0.517. The van der Waals surface area contributed by atoms with Crippen molar-refractivity contribution in [3.63, 3.8) is 0 Å². The van der Waals surface area contributed by atoms with Gasteiger partial charge in [-0.15, -0.1) is 0 Å². The third-order valence-electron chi connectivity index (χ3n) is 2.65. The number of fused-ring (bicyclic) bond motifs is 1. The Balaban J connectivity index is 0. The Hall–Kier alpha value is 0.110. The Labute approximate surface area is 191 Å². The zero-order valence-corrected chi connectivity index (χ0v) is 18.3. The summed E-state index contributed by atoms with van der Waals surface area (Å²) in [5, 5.41) is 33.0. The zero-order chi connectivity index (χ0) is 14.2. The average molecular weight is 326 g/mol. The number of aromatic carboxylic acids is 3. The number of carboxylic acid groups (broad SMARTS) is 3. The summed E-state index contributed by atoms with van der Waals surface area (Å²) >= 11 is 0. The Kier molecular flexibility index (Phi) is 11.2. The van der Waals surface area contributed by atoms with Crippen molar-refractivity contribution in [1.29, 1.82) is 0 Å². The van der Waals surface area contributed by atoms with Crippen molar-refractivity contribution in [3.05, 3.63) is 47.0 Å². The number of carboxylic acids is 3. The molecule has 0 heterocycles. The van der Waals surface area contributed by atoms with Crippen molar-refractivity contribution in [2.24, 2.45) is 0 Å². The monoisotopic (exact) mass is 326 g/mol. The largest absolute Gasteiger partial charge is 1.00 e. The standard InChI is InChI=1S/C13H8O6.3Na/c14-11(15)7-2-1-6-4-9(12(16)17)10(13(18)19)5-8(6)3-7;;;/h1-5H,(H,14,15)(H,16,17)(H,18,19);;;/q;3*+1/p-3. The van der Waals surface area contributed by atoms with Crippen LogP contribution < -0.4 is 104 Å². The molecule has 0 unspecified atom stereocenters. The minimum Gasteiger partial charge on any atom is -0.545 e. The number of benzene rings is 2. The maximum atomic E-state index is 10.9. The van der Waals surface area contributed by atoms with Crippen LogP contribution in [0.15, 0.2) is 30.3 Å². The molecule has 0 aliphatic carbocycles. The first-order valence-corrected chi connectivity index (χ1v) is 5.12. The van der Waals surface area contributed by atoms with E-state index in [2.05, 4.69) is 0 Å². The van der Waals surface area contributed by atoms with Crippen LogP contribution >= 0.6 is 0 Å². The van der Waals surface area contributed by atoms with Crippen LogP contribution in [0.1, 0.15) is 31.1 Å². The summed E-state index contributed by atoms with van der Waals surface area (Å²) in [6.45, 7) is 0. The Morgan fingerprint density at radius 1 is 0.636 bits per heavy atom. The summed E-state index contributed by atoms with van der Waals surface area (Å²) in [7, 11) is 0. The minimum absolute atomic E-state index is 0. The topological polar surface area (TPSA) is 120 Å². The van der Waals surface area contributed by atoms with Crippen molar-refractivity contribution in [3.8, 4) is 0 Å². The van der Waals surface area contributed by atoms with Crippen molar-refractivity contribution in [2.45, 2.75) is 0 Å². The second kappa shape index (κ2) is 10.1. The van der Waals surface area contributed by atoms with Gasteiger partial charge in [-0.05, 0) is 34.5 Å². The van der Waals surface area contributed by atoms with Gasteiger partial charge in [0.15, 0.2) is 0 Å². The van der Waals surface area contributed by atoms with Gasteiger partial charge in [-0.25, -0.2) is 0 Å². The van der Waals surface area contributed by atoms with Gasteiger partial charge in [-0.3, -0.25) is 0 Å². The molecule has 0 aliphatic heterocycles. The molecule has 0 spiro atoms. The van der Waals surface area contributed by atoms with Gasteiger partial charge in [0.1, 0.15) is 0 Å². The number of hydrogen-bond acceptors (Lipinski definition) is 6. The summed E-state index contributed by atoms with van der Waals surface area (Å²) in [5.41, 5.74) is -1.23. The van der Waals surface area contributed by atoms with E-state index in [4.69, 9.17) is 0 Å². The number of carbonyl (C=O) groups excluding carboxylic acids is 3. The van der Waals surface area contributed by atoms with Crippen LogP contribution in [0.2, 0.25) is 0 Å². The Morgan fingerprint density at radius 3 is 1.50 bits per heavy atom. The van der Waals surface area contributed by atoms with Gasteiger partial charge in [-0.2, -0.15) is 0 Å². The maximum Gasteiger partial charge on any atom is 1.00 e. The Morgan fingerprint density at radius 2 is 1.09 bits per heavy atom. The molecule has 0 saturated carbocycles. The van der Waals surface area contributed by atoms with E-state index in [1.54, 1.807) is 0 Å². The van der Waals surface area contributed by atoms with E-state index in [0.717, 1.165) is 12.1 Å². The molecule has 0 atom stereocenters. The molecule has 2 aromatic rings. The van der Waals surface area contributed by atoms with Crippen LogP contribution in [-0.2, 0) is 0 Å². The van der Waals surface area contributed by atoms with Crippen molar-refractivity contribution < 1.29 is 118 Å². The second-order valence-electron chi connectivity index (χ2n) is 3.82. The zero-order valence-electron chi connectivity index (χ0n) is 12.3. The van der Waals surface area contributed by atoms with Crippen molar-refractivity contribution in [1.82, 2.24) is 0 Å². The normalized spacial score (nSPS) is 8.91. The van der Waals surface area contributed by atoms with Gasteiger partial charge in [-0.1, -0.05) is 12.1 Å². The SMILES string of the molecule is O=C([O-])c1ccc2cc(C(=O)[O-])c(C(=O)[O-])cc2c1.[Na+].[Na+].[Na+]. The van der Waals surface area contributed by atoms with E-state index in [1.165, 1.54) is 18.2 Å². The molecule has 6 nitrogen and oxygen atoms in total. The van der Waals surface area contributed by atoms with Gasteiger partial charge in [0.05, 0.1) is 17.9 Å². The molecule has 22 heavy (non-hydrogen) atoms. The van der Waals surface area contributed by atoms with Crippen LogP contribution in [0.4, 0.5) is 0 Å². The summed E-state index contributed by atoms with van der Waals surface area (Å²) in [5.74, 6) is -4.74. The van der Waals surface area contributed by atoms with Crippen LogP contribution in [0.25, 0.3) is 10.8 Å². The molecule has 0 aliphatic rings. The first-order chi connectivity index (χ1) is 8.90. The van der Waals surface area contributed by atoms with Crippen LogP contribution in [0, 0.1) is 0 Å². The fourth-order valence-electron chi connectivity index (χ4n) is 1.76. The molecule has 9 heteroatoms. The van der Waals surface area contributed by atoms with Crippen LogP contribution in [0.3, 0.4) is 0 Å². The van der Waals surface area contributed by atoms with E-state index < -0.39 is 29.0 Å². The molecular weight excluding hydrogens is 321 g/mol. The molecule has 0 saturated heterocycles. The predicted molar refractivity (Wildman–Crippen MR) is 56.9 cm³/mol. The fraction of sp³-hybridized carbons (Fsp3) is 0. The van der Waals surface area contributed by atoms with Gasteiger partial charge < -0.3 is 29.7 Å². The summed E-state index contributed by atoms with van der Waals surface area (Å²) in [4.78, 5) is 32.4. The van der Waals surface area contributed by atoms with Gasteiger partial charge >= 0.3 is 88.7 Å². The third kappa shape index (κ3) is 5.33. The van der Waals surface area contributed by atoms with E-state index in [0.29, 0.717) is 5.39 Å². The molecule has 0 bridgehead atoms. The number of carbonyl (C=O) groups is 3. The van der Waals surface area contributed by atoms with Crippen LogP contribution in [0.5, 0.6) is 0 Å². The number of rotatable bonds is 3. The molecule has 0 fully saturated rings. The molecule has 2 aromatic carbocycles. The van der Waals surface area contributed by atoms with Gasteiger partial charge in [0.2, 0.25) is 0 Å². The maximum absolute atomic E-state index is 10.9. The third-order valence-corrected chi connectivity index (χ3v) is 2.65. The second-order valence-corrected chi connectivity index (χ2v) is 3.82. The van der Waals surface area contributed by atoms with Crippen LogP contribution in [-0.4, -0.2) is 17.9 Å². The first kappa shape index (κ1) is 24.4. The molecule has 96 valence electrons. The van der Waals surface area contributed by atoms with Gasteiger partial charge in [0.25, 0.3) is 0 Å². The Bertz CT molecular complexity index is 729. The van der Waals surface area contributed by atoms with Crippen molar-refractivity contribution >= 4 is 28.7 Å². The number of hydrogen-bond donors (Lipinski definition) is 0. The van der Waals surface area contributed by atoms with E-state index in [1.807, 2.05) is 0 Å². The molecule has 2 rings (SSSR count). The smallest absolute Gasteiger partial charge is 0.545 e. The minimum atomic E-state index is -1.68. The first-order valence-electron chi connectivity index (χ1n) is 5.12. The van der Waals surface area contributed by atoms with Gasteiger partial charge in [0, 0.05) is 11.1 Å². The molecule has 0 aromatic heterocycles.